The Balaban J connectivity index is 2.07. The molecule has 1 unspecified atom stereocenters. The Bertz CT molecular complexity index is 386. The Labute approximate surface area is 116 Å². The second kappa shape index (κ2) is 6.92. The lowest BCUT2D eigenvalue weighted by Crippen LogP contribution is -2.34. The van der Waals surface area contributed by atoms with E-state index in [2.05, 4.69) is 42.9 Å². The maximum Gasteiger partial charge on any atom is 0.119 e. The maximum absolute atomic E-state index is 5.33. The lowest BCUT2D eigenvalue weighted by Gasteiger charge is -2.34. The van der Waals surface area contributed by atoms with Gasteiger partial charge >= 0.3 is 0 Å². The van der Waals surface area contributed by atoms with Crippen molar-refractivity contribution in [1.82, 2.24) is 10.6 Å². The molecule has 0 saturated heterocycles. The molecule has 0 radical (unpaired) electrons. The van der Waals surface area contributed by atoms with E-state index >= 15 is 0 Å². The second-order valence-electron chi connectivity index (χ2n) is 5.44. The largest absolute Gasteiger partial charge is 0.497 e. The van der Waals surface area contributed by atoms with E-state index in [0.717, 1.165) is 11.7 Å². The van der Waals surface area contributed by atoms with Crippen molar-refractivity contribution in [3.05, 3.63) is 29.8 Å². The van der Waals surface area contributed by atoms with Gasteiger partial charge in [-0.2, -0.15) is 0 Å². The Morgan fingerprint density at radius 2 is 1.89 bits per heavy atom. The Hall–Kier alpha value is -1.06. The molecule has 0 aromatic heterocycles. The number of ether oxygens (including phenoxy) is 1. The fourth-order valence-electron chi connectivity index (χ4n) is 3.25. The van der Waals surface area contributed by atoms with E-state index < -0.39 is 0 Å². The highest BCUT2D eigenvalue weighted by molar-refractivity contribution is 5.31. The number of rotatable bonds is 5. The zero-order chi connectivity index (χ0) is 13.7. The number of hydrogen-bond acceptors (Lipinski definition) is 3. The van der Waals surface area contributed by atoms with Crippen molar-refractivity contribution in [2.75, 3.05) is 21.2 Å². The summed E-state index contributed by atoms with van der Waals surface area (Å²) in [5.41, 5.74) is 1.34. The van der Waals surface area contributed by atoms with E-state index in [-0.39, 0.29) is 0 Å². The molecule has 0 heterocycles. The monoisotopic (exact) mass is 262 g/mol. The average molecular weight is 262 g/mol. The third-order valence-corrected chi connectivity index (χ3v) is 4.42. The van der Waals surface area contributed by atoms with E-state index in [1.165, 1.54) is 31.2 Å². The number of nitrogens with one attached hydrogen (secondary N) is 2. The van der Waals surface area contributed by atoms with Crippen LogP contribution in [0.1, 0.15) is 37.3 Å². The summed E-state index contributed by atoms with van der Waals surface area (Å²) in [5.74, 6) is 1.67. The van der Waals surface area contributed by atoms with Crippen molar-refractivity contribution in [3.63, 3.8) is 0 Å². The zero-order valence-corrected chi connectivity index (χ0v) is 12.3. The number of benzene rings is 1. The van der Waals surface area contributed by atoms with Crippen LogP contribution in [0.3, 0.4) is 0 Å². The molecule has 1 saturated carbocycles. The molecule has 0 amide bonds. The molecule has 1 aliphatic rings. The molecule has 1 aromatic carbocycles. The molecule has 2 rings (SSSR count). The summed E-state index contributed by atoms with van der Waals surface area (Å²) in [6.45, 7) is 0. The van der Waals surface area contributed by atoms with E-state index in [0.29, 0.717) is 12.1 Å². The molecular weight excluding hydrogens is 236 g/mol. The highest BCUT2D eigenvalue weighted by atomic mass is 16.5. The molecule has 0 aliphatic heterocycles. The van der Waals surface area contributed by atoms with E-state index in [9.17, 15) is 0 Å². The van der Waals surface area contributed by atoms with E-state index in [1.807, 2.05) is 6.07 Å². The standard InChI is InChI=1S/C16H26N2O/c1-17-14-9-7-12(8-10-14)16(18-2)13-5-4-6-15(11-13)19-3/h4-6,11-12,14,16-18H,7-10H2,1-3H3. The molecule has 1 aromatic rings. The highest BCUT2D eigenvalue weighted by Gasteiger charge is 2.27. The van der Waals surface area contributed by atoms with Crippen LogP contribution in [0.2, 0.25) is 0 Å². The summed E-state index contributed by atoms with van der Waals surface area (Å²) in [6, 6.07) is 9.59. The molecule has 3 nitrogen and oxygen atoms in total. The number of methoxy groups -OCH3 is 1. The summed E-state index contributed by atoms with van der Waals surface area (Å²) >= 11 is 0. The summed E-state index contributed by atoms with van der Waals surface area (Å²) in [4.78, 5) is 0. The zero-order valence-electron chi connectivity index (χ0n) is 12.3. The van der Waals surface area contributed by atoms with Gasteiger partial charge in [0.1, 0.15) is 5.75 Å². The van der Waals surface area contributed by atoms with Gasteiger partial charge in [0, 0.05) is 12.1 Å². The van der Waals surface area contributed by atoms with Gasteiger partial charge < -0.3 is 15.4 Å². The first kappa shape index (κ1) is 14.4. The molecule has 106 valence electrons. The summed E-state index contributed by atoms with van der Waals surface area (Å²) in [5, 5.41) is 6.90. The minimum Gasteiger partial charge on any atom is -0.497 e. The van der Waals surface area contributed by atoms with Crippen LogP contribution in [0, 0.1) is 5.92 Å². The predicted molar refractivity (Wildman–Crippen MR) is 79.6 cm³/mol. The summed E-state index contributed by atoms with van der Waals surface area (Å²) < 4.78 is 5.33. The topological polar surface area (TPSA) is 33.3 Å². The first-order chi connectivity index (χ1) is 9.28. The molecule has 1 fully saturated rings. The minimum absolute atomic E-state index is 0.438. The average Bonchev–Trinajstić information content (AvgIpc) is 2.49. The Kier molecular flexibility index (Phi) is 5.23. The van der Waals surface area contributed by atoms with E-state index in [4.69, 9.17) is 4.74 Å². The van der Waals surface area contributed by atoms with Gasteiger partial charge in [0.2, 0.25) is 0 Å². The van der Waals surface area contributed by atoms with Crippen molar-refractivity contribution in [2.24, 2.45) is 5.92 Å². The molecule has 0 spiro atoms. The van der Waals surface area contributed by atoms with Crippen LogP contribution in [0.5, 0.6) is 5.75 Å². The van der Waals surface area contributed by atoms with Crippen molar-refractivity contribution in [1.29, 1.82) is 0 Å². The lowest BCUT2D eigenvalue weighted by molar-refractivity contribution is 0.247. The molecule has 0 bridgehead atoms. The lowest BCUT2D eigenvalue weighted by atomic mass is 9.79. The maximum atomic E-state index is 5.33. The molecule has 2 N–H and O–H groups in total. The third-order valence-electron chi connectivity index (χ3n) is 4.42. The van der Waals surface area contributed by atoms with Crippen molar-refractivity contribution < 1.29 is 4.74 Å². The van der Waals surface area contributed by atoms with Crippen LogP contribution >= 0.6 is 0 Å². The summed E-state index contributed by atoms with van der Waals surface area (Å²) in [7, 11) is 5.86. The van der Waals surface area contributed by atoms with Gasteiger partial charge in [0.05, 0.1) is 7.11 Å². The molecule has 19 heavy (non-hydrogen) atoms. The van der Waals surface area contributed by atoms with Crippen LogP contribution in [0.4, 0.5) is 0 Å². The second-order valence-corrected chi connectivity index (χ2v) is 5.44. The Morgan fingerprint density at radius 3 is 2.47 bits per heavy atom. The van der Waals surface area contributed by atoms with Crippen LogP contribution < -0.4 is 15.4 Å². The number of hydrogen-bond donors (Lipinski definition) is 2. The quantitative estimate of drug-likeness (QED) is 0.856. The van der Waals surface area contributed by atoms with Crippen LogP contribution in [-0.2, 0) is 0 Å². The van der Waals surface area contributed by atoms with Gasteiger partial charge in [-0.25, -0.2) is 0 Å². The normalized spacial score (nSPS) is 25.0. The smallest absolute Gasteiger partial charge is 0.119 e. The van der Waals surface area contributed by atoms with Gasteiger partial charge in [0.25, 0.3) is 0 Å². The highest BCUT2D eigenvalue weighted by Crippen LogP contribution is 2.35. The van der Waals surface area contributed by atoms with Crippen LogP contribution in [-0.4, -0.2) is 27.2 Å². The first-order valence-corrected chi connectivity index (χ1v) is 7.27. The molecule has 1 atom stereocenters. The van der Waals surface area contributed by atoms with Gasteiger partial charge in [-0.05, 0) is 63.4 Å². The minimum atomic E-state index is 0.438. The van der Waals surface area contributed by atoms with E-state index in [1.54, 1.807) is 7.11 Å². The molecule has 3 heteroatoms. The SMILES string of the molecule is CNC1CCC(C(NC)c2cccc(OC)c2)CC1. The van der Waals surface area contributed by atoms with Gasteiger partial charge in [-0.1, -0.05) is 12.1 Å². The van der Waals surface area contributed by atoms with Gasteiger partial charge in [0.15, 0.2) is 0 Å². The van der Waals surface area contributed by atoms with Crippen molar-refractivity contribution in [2.45, 2.75) is 37.8 Å². The summed E-state index contributed by atoms with van der Waals surface area (Å²) in [6.07, 6.45) is 5.13. The van der Waals surface area contributed by atoms with Gasteiger partial charge in [-0.15, -0.1) is 0 Å². The fraction of sp³-hybridized carbons (Fsp3) is 0.625. The van der Waals surface area contributed by atoms with Crippen LogP contribution in [0.25, 0.3) is 0 Å². The molecule has 1 aliphatic carbocycles. The first-order valence-electron chi connectivity index (χ1n) is 7.27. The van der Waals surface area contributed by atoms with Crippen LogP contribution in [0.15, 0.2) is 24.3 Å². The fourth-order valence-corrected chi connectivity index (χ4v) is 3.25. The third kappa shape index (κ3) is 3.48. The van der Waals surface area contributed by atoms with Gasteiger partial charge in [-0.3, -0.25) is 0 Å². The molecular formula is C16H26N2O. The predicted octanol–water partition coefficient (Wildman–Crippen LogP) is 2.73. The van der Waals surface area contributed by atoms with Crippen molar-refractivity contribution >= 4 is 0 Å². The Morgan fingerprint density at radius 1 is 1.16 bits per heavy atom. The van der Waals surface area contributed by atoms with Crippen molar-refractivity contribution in [3.8, 4) is 5.75 Å².